The van der Waals surface area contributed by atoms with Crippen molar-refractivity contribution in [3.63, 3.8) is 0 Å². The van der Waals surface area contributed by atoms with Gasteiger partial charge in [-0.3, -0.25) is 4.79 Å². The number of rotatable bonds is 5. The molecule has 1 aliphatic carbocycles. The van der Waals surface area contributed by atoms with Crippen LogP contribution in [0.5, 0.6) is 0 Å². The maximum atomic E-state index is 13.5. The van der Waals surface area contributed by atoms with Gasteiger partial charge in [-0.05, 0) is 12.3 Å². The summed E-state index contributed by atoms with van der Waals surface area (Å²) in [4.78, 5) is 23.1. The fourth-order valence-corrected chi connectivity index (χ4v) is 2.14. The molecule has 132 valence electrons. The molecular weight excluding hydrogens is 346 g/mol. The van der Waals surface area contributed by atoms with Crippen LogP contribution in [0.1, 0.15) is 12.0 Å². The van der Waals surface area contributed by atoms with Gasteiger partial charge in [0, 0.05) is 6.07 Å². The van der Waals surface area contributed by atoms with Gasteiger partial charge in [-0.2, -0.15) is 5.26 Å². The van der Waals surface area contributed by atoms with E-state index < -0.39 is 59.2 Å². The van der Waals surface area contributed by atoms with Crippen LogP contribution in [0.25, 0.3) is 0 Å². The Balaban J connectivity index is 2.01. The summed E-state index contributed by atoms with van der Waals surface area (Å²) in [6, 6.07) is 1.67. The normalized spacial score (nSPS) is 19.1. The van der Waals surface area contributed by atoms with Crippen molar-refractivity contribution in [3.05, 3.63) is 46.5 Å². The number of methoxy groups -OCH3 is 1. The molecule has 1 aromatic carbocycles. The van der Waals surface area contributed by atoms with Crippen LogP contribution in [0, 0.1) is 46.4 Å². The number of hydrogen-bond donors (Lipinski definition) is 0. The number of carbonyl (C=O) groups is 2. The van der Waals surface area contributed by atoms with Gasteiger partial charge in [0.15, 0.2) is 23.3 Å². The zero-order valence-corrected chi connectivity index (χ0v) is 12.8. The molecule has 1 aliphatic rings. The van der Waals surface area contributed by atoms with Crippen molar-refractivity contribution in [2.45, 2.75) is 13.0 Å². The number of halogens is 4. The standard InChI is InChI=1S/C16H11F4NO4/c1-24-15(22)8(5-21)2-7-3-9(7)16(23)25-6-10-13(19)11(17)4-12(18)14(10)20/h2,4,7,9H,3,6H2,1H3/b8-2+/t7-,9-/m1/s1. The Hall–Kier alpha value is -2.89. The van der Waals surface area contributed by atoms with E-state index in [-0.39, 0.29) is 18.1 Å². The molecule has 0 saturated heterocycles. The molecule has 0 amide bonds. The Morgan fingerprint density at radius 2 is 1.88 bits per heavy atom. The van der Waals surface area contributed by atoms with Crippen LogP contribution in [-0.4, -0.2) is 19.0 Å². The van der Waals surface area contributed by atoms with Crippen LogP contribution in [-0.2, 0) is 25.7 Å². The van der Waals surface area contributed by atoms with Crippen molar-refractivity contribution in [2.24, 2.45) is 11.8 Å². The minimum Gasteiger partial charge on any atom is -0.465 e. The second-order valence-electron chi connectivity index (χ2n) is 5.24. The quantitative estimate of drug-likeness (QED) is 0.266. The molecule has 2 rings (SSSR count). The highest BCUT2D eigenvalue weighted by Crippen LogP contribution is 2.41. The predicted octanol–water partition coefficient (Wildman–Crippen LogP) is 2.55. The SMILES string of the molecule is COC(=O)/C(C#N)=C/[C@@H]1C[C@H]1C(=O)OCc1c(F)c(F)cc(F)c1F. The third kappa shape index (κ3) is 3.96. The van der Waals surface area contributed by atoms with Crippen LogP contribution in [0.4, 0.5) is 17.6 Å². The third-order valence-corrected chi connectivity index (χ3v) is 3.61. The molecule has 0 bridgehead atoms. The van der Waals surface area contributed by atoms with E-state index in [1.807, 2.05) is 0 Å². The van der Waals surface area contributed by atoms with Crippen LogP contribution >= 0.6 is 0 Å². The molecule has 9 heteroatoms. The van der Waals surface area contributed by atoms with E-state index in [1.54, 1.807) is 6.07 Å². The van der Waals surface area contributed by atoms with Gasteiger partial charge in [0.25, 0.3) is 0 Å². The first kappa shape index (κ1) is 18.4. The Morgan fingerprint density at radius 3 is 2.40 bits per heavy atom. The molecule has 2 atom stereocenters. The van der Waals surface area contributed by atoms with Crippen molar-refractivity contribution in [1.82, 2.24) is 0 Å². The lowest BCUT2D eigenvalue weighted by Gasteiger charge is -2.08. The molecule has 0 unspecified atom stereocenters. The average molecular weight is 357 g/mol. The van der Waals surface area contributed by atoms with Crippen molar-refractivity contribution in [1.29, 1.82) is 5.26 Å². The van der Waals surface area contributed by atoms with E-state index in [0.29, 0.717) is 0 Å². The van der Waals surface area contributed by atoms with Crippen molar-refractivity contribution >= 4 is 11.9 Å². The molecule has 5 nitrogen and oxygen atoms in total. The summed E-state index contributed by atoms with van der Waals surface area (Å²) in [6.45, 7) is -0.986. The molecule has 0 spiro atoms. The van der Waals surface area contributed by atoms with Crippen LogP contribution in [0.15, 0.2) is 17.7 Å². The maximum absolute atomic E-state index is 13.5. The van der Waals surface area contributed by atoms with Gasteiger partial charge in [-0.1, -0.05) is 6.08 Å². The van der Waals surface area contributed by atoms with E-state index >= 15 is 0 Å². The highest BCUT2D eigenvalue weighted by atomic mass is 19.2. The summed E-state index contributed by atoms with van der Waals surface area (Å²) in [5.41, 5.74) is -1.32. The first-order valence-electron chi connectivity index (χ1n) is 6.98. The number of ether oxygens (including phenoxy) is 2. The van der Waals surface area contributed by atoms with Crippen LogP contribution in [0.3, 0.4) is 0 Å². The highest BCUT2D eigenvalue weighted by Gasteiger charge is 2.43. The van der Waals surface area contributed by atoms with E-state index in [4.69, 9.17) is 5.26 Å². The summed E-state index contributed by atoms with van der Waals surface area (Å²) < 4.78 is 62.1. The second-order valence-corrected chi connectivity index (χ2v) is 5.24. The molecule has 25 heavy (non-hydrogen) atoms. The maximum Gasteiger partial charge on any atom is 0.348 e. The number of nitrogens with zero attached hydrogens (tertiary/aromatic N) is 1. The first-order valence-corrected chi connectivity index (χ1v) is 6.98. The van der Waals surface area contributed by atoms with Crippen LogP contribution in [0.2, 0.25) is 0 Å². The van der Waals surface area contributed by atoms with Gasteiger partial charge in [0.05, 0.1) is 18.6 Å². The Kier molecular flexibility index (Phi) is 5.41. The first-order chi connectivity index (χ1) is 11.8. The Bertz CT molecular complexity index is 774. The predicted molar refractivity (Wildman–Crippen MR) is 73.4 cm³/mol. The average Bonchev–Trinajstić information content (AvgIpc) is 3.36. The summed E-state index contributed by atoms with van der Waals surface area (Å²) in [7, 11) is 1.09. The van der Waals surface area contributed by atoms with E-state index in [0.717, 1.165) is 7.11 Å². The van der Waals surface area contributed by atoms with Gasteiger partial charge < -0.3 is 9.47 Å². The molecule has 0 heterocycles. The zero-order valence-electron chi connectivity index (χ0n) is 12.8. The topological polar surface area (TPSA) is 76.4 Å². The van der Waals surface area contributed by atoms with Crippen molar-refractivity contribution in [2.75, 3.05) is 7.11 Å². The molecule has 0 aliphatic heterocycles. The fourth-order valence-electron chi connectivity index (χ4n) is 2.14. The smallest absolute Gasteiger partial charge is 0.348 e. The molecule has 0 radical (unpaired) electrons. The van der Waals surface area contributed by atoms with Gasteiger partial charge in [0.1, 0.15) is 18.2 Å². The van der Waals surface area contributed by atoms with Gasteiger partial charge in [-0.15, -0.1) is 0 Å². The number of esters is 2. The molecule has 1 saturated carbocycles. The van der Waals surface area contributed by atoms with E-state index in [9.17, 15) is 27.2 Å². The molecular formula is C16H11F4NO4. The van der Waals surface area contributed by atoms with Crippen LogP contribution < -0.4 is 0 Å². The summed E-state index contributed by atoms with van der Waals surface area (Å²) in [5, 5.41) is 8.80. The second kappa shape index (κ2) is 7.34. The van der Waals surface area contributed by atoms with Crippen molar-refractivity contribution in [3.8, 4) is 6.07 Å². The number of benzene rings is 1. The number of allylic oxidation sites excluding steroid dienone is 1. The monoisotopic (exact) mass is 357 g/mol. The van der Waals surface area contributed by atoms with E-state index in [2.05, 4.69) is 9.47 Å². The largest absolute Gasteiger partial charge is 0.465 e. The van der Waals surface area contributed by atoms with Gasteiger partial charge in [-0.25, -0.2) is 22.4 Å². The lowest BCUT2D eigenvalue weighted by molar-refractivity contribution is -0.147. The zero-order chi connectivity index (χ0) is 18.7. The lowest BCUT2D eigenvalue weighted by Crippen LogP contribution is -2.12. The number of nitriles is 1. The minimum atomic E-state index is -1.64. The number of carbonyl (C=O) groups excluding carboxylic acids is 2. The van der Waals surface area contributed by atoms with Gasteiger partial charge >= 0.3 is 11.9 Å². The molecule has 1 aromatic rings. The third-order valence-electron chi connectivity index (χ3n) is 3.61. The fraction of sp³-hybridized carbons (Fsp3) is 0.312. The number of hydrogen-bond acceptors (Lipinski definition) is 5. The van der Waals surface area contributed by atoms with E-state index in [1.165, 1.54) is 6.08 Å². The van der Waals surface area contributed by atoms with Crippen molar-refractivity contribution < 1.29 is 36.6 Å². The molecule has 0 N–H and O–H groups in total. The Morgan fingerprint density at radius 1 is 1.28 bits per heavy atom. The Labute approximate surface area is 139 Å². The summed E-state index contributed by atoms with van der Waals surface area (Å²) in [6.07, 6.45) is 1.49. The van der Waals surface area contributed by atoms with Gasteiger partial charge in [0.2, 0.25) is 0 Å². The summed E-state index contributed by atoms with van der Waals surface area (Å²) >= 11 is 0. The highest BCUT2D eigenvalue weighted by molar-refractivity contribution is 5.93. The lowest BCUT2D eigenvalue weighted by atomic mass is 10.2. The molecule has 0 aromatic heterocycles. The molecule has 1 fully saturated rings. The summed E-state index contributed by atoms with van der Waals surface area (Å²) in [5.74, 6) is -9.42. The minimum absolute atomic E-state index is 0.0495.